The number of nitro benzene ring substituents is 1. The molecule has 14 heteroatoms. The molecule has 0 spiro atoms. The van der Waals surface area contributed by atoms with E-state index in [0.717, 1.165) is 15.9 Å². The maximum absolute atomic E-state index is 15.0. The minimum atomic E-state index is -3.29. The molecular formula is C41H32AgN4O7PS. The summed E-state index contributed by atoms with van der Waals surface area (Å²) >= 11 is 6.13. The minimum absolute atomic E-state index is 0. The summed E-state index contributed by atoms with van der Waals surface area (Å²) in [4.78, 5) is 63.6. The molecule has 1 aliphatic rings. The molecule has 6 aromatic rings. The number of non-ortho nitro benzene ring substituents is 1. The molecule has 11 nitrogen and oxygen atoms in total. The van der Waals surface area contributed by atoms with E-state index < -0.39 is 47.1 Å². The van der Waals surface area contributed by atoms with E-state index in [9.17, 15) is 24.5 Å². The number of likely N-dealkylation sites (tertiary alicyclic amines) is 1. The van der Waals surface area contributed by atoms with Crippen molar-refractivity contribution in [3.8, 4) is 0 Å². The van der Waals surface area contributed by atoms with Gasteiger partial charge in [-0.2, -0.15) is 0 Å². The Morgan fingerprint density at radius 2 is 1.33 bits per heavy atom. The maximum Gasteiger partial charge on any atom is 1.00 e. The van der Waals surface area contributed by atoms with Crippen molar-refractivity contribution in [3.05, 3.63) is 167 Å². The Bertz CT molecular complexity index is 2320. The Morgan fingerprint density at radius 1 is 0.818 bits per heavy atom. The fraction of sp³-hybridized carbons (Fsp3) is 0.122. The molecule has 3 unspecified atom stereocenters. The smallest absolute Gasteiger partial charge is 0.767 e. The van der Waals surface area contributed by atoms with Crippen molar-refractivity contribution < 1.29 is 51.2 Å². The molecule has 1 amide bonds. The summed E-state index contributed by atoms with van der Waals surface area (Å²) in [6.07, 6.45) is 0.271. The van der Waals surface area contributed by atoms with E-state index in [1.54, 1.807) is 18.2 Å². The van der Waals surface area contributed by atoms with Crippen LogP contribution in [-0.4, -0.2) is 48.4 Å². The first-order valence-electron chi connectivity index (χ1n) is 16.9. The summed E-state index contributed by atoms with van der Waals surface area (Å²) in [5, 5.41) is 12.5. The Labute approximate surface area is 337 Å². The first-order valence-corrected chi connectivity index (χ1v) is 19.2. The third kappa shape index (κ3) is 7.65. The van der Waals surface area contributed by atoms with Gasteiger partial charge in [0.25, 0.3) is 5.69 Å². The number of para-hydroxylation sites is 2. The standard InChI is InChI=1S/C41H33N4O7PS.Ag/c1-27(46)52-37(35-25-42-33-19-11-12-20-34(33)43-35)36-38(47)44(40(36)54)39(41(48)51-26-28-21-23-29(24-22-28)45(49)50)53(30-13-5-2-6-14-30,31-15-7-3-8-16-31)32-17-9-4-10-18-32;/h2-25,36-37,40,54H,26H2,1H3;/q;+1/p-1. The topological polar surface area (TPSA) is 142 Å². The predicted molar refractivity (Wildman–Crippen MR) is 209 cm³/mol. The molecule has 1 fully saturated rings. The summed E-state index contributed by atoms with van der Waals surface area (Å²) in [7, 11) is 0. The van der Waals surface area contributed by atoms with Gasteiger partial charge < -0.3 is 27.0 Å². The molecule has 1 saturated heterocycles. The van der Waals surface area contributed by atoms with Gasteiger partial charge in [-0.25, -0.2) is 9.78 Å². The van der Waals surface area contributed by atoms with Gasteiger partial charge in [0.15, 0.2) is 6.10 Å². The second-order valence-corrected chi connectivity index (χ2v) is 16.2. The molecule has 2 heterocycles. The quantitative estimate of drug-likeness (QED) is 0.0319. The summed E-state index contributed by atoms with van der Waals surface area (Å²) in [6, 6.07) is 41.2. The van der Waals surface area contributed by atoms with Crippen LogP contribution in [0.15, 0.2) is 146 Å². The van der Waals surface area contributed by atoms with E-state index in [0.29, 0.717) is 16.6 Å². The number of carbonyl (C=O) groups is 3. The predicted octanol–water partition coefficient (Wildman–Crippen LogP) is 5.34. The molecule has 3 atom stereocenters. The zero-order valence-corrected chi connectivity index (χ0v) is 32.3. The van der Waals surface area contributed by atoms with Gasteiger partial charge in [0.2, 0.25) is 5.91 Å². The van der Waals surface area contributed by atoms with Crippen LogP contribution < -0.4 is 15.9 Å². The van der Waals surface area contributed by atoms with E-state index in [4.69, 9.17) is 22.1 Å². The van der Waals surface area contributed by atoms with Crippen LogP contribution >= 0.6 is 6.89 Å². The molecule has 1 aliphatic heterocycles. The Morgan fingerprint density at radius 3 is 1.82 bits per heavy atom. The monoisotopic (exact) mass is 862 g/mol. The van der Waals surface area contributed by atoms with Gasteiger partial charge >= 0.3 is 34.3 Å². The number of nitrogens with zero attached hydrogens (tertiary/aromatic N) is 4. The molecule has 7 rings (SSSR count). The third-order valence-electron chi connectivity index (χ3n) is 9.14. The van der Waals surface area contributed by atoms with Crippen molar-refractivity contribution in [2.75, 3.05) is 0 Å². The third-order valence-corrected chi connectivity index (χ3v) is 13.9. The van der Waals surface area contributed by atoms with Gasteiger partial charge in [0, 0.05) is 25.9 Å². The number of hydrogen-bond donors (Lipinski definition) is 0. The van der Waals surface area contributed by atoms with Crippen LogP contribution in [0.1, 0.15) is 24.3 Å². The fourth-order valence-corrected chi connectivity index (χ4v) is 11.6. The Hall–Kier alpha value is -5.36. The van der Waals surface area contributed by atoms with Gasteiger partial charge in [-0.3, -0.25) is 24.7 Å². The molecule has 0 saturated carbocycles. The van der Waals surface area contributed by atoms with Crippen LogP contribution in [0, 0.1) is 16.0 Å². The van der Waals surface area contributed by atoms with Crippen LogP contribution in [0.3, 0.4) is 0 Å². The van der Waals surface area contributed by atoms with Gasteiger partial charge in [0.05, 0.1) is 28.1 Å². The second kappa shape index (κ2) is 17.0. The van der Waals surface area contributed by atoms with Crippen molar-refractivity contribution >= 4 is 75.4 Å². The van der Waals surface area contributed by atoms with E-state index in [1.807, 2.05) is 97.1 Å². The summed E-state index contributed by atoms with van der Waals surface area (Å²) in [6.45, 7) is -2.29. The average molecular weight is 864 g/mol. The number of rotatable bonds is 11. The number of amides is 1. The van der Waals surface area contributed by atoms with E-state index in [-0.39, 0.29) is 45.8 Å². The first kappa shape index (κ1) is 39.3. The van der Waals surface area contributed by atoms with Crippen molar-refractivity contribution in [2.45, 2.75) is 25.0 Å². The molecule has 0 bridgehead atoms. The zero-order valence-electron chi connectivity index (χ0n) is 29.1. The number of fused-ring (bicyclic) bond motifs is 1. The molecule has 5 aromatic carbocycles. The number of benzene rings is 5. The molecule has 55 heavy (non-hydrogen) atoms. The first-order chi connectivity index (χ1) is 26.2. The zero-order chi connectivity index (χ0) is 37.8. The number of nitro groups is 1. The fourth-order valence-electron chi connectivity index (χ4n) is 6.69. The SMILES string of the molecule is CC(=O)OC(c1cnc2ccccc2n1)C1C(=O)N(C(C(=O)OCc2ccc([N+](=O)[O-])cc2)=P(c2ccccc2)(c2ccccc2)c2ccccc2)C1[S-].[Ag+]. The largest absolute Gasteiger partial charge is 1.00 e. The summed E-state index contributed by atoms with van der Waals surface area (Å²) in [5.41, 5.74) is 1.84. The van der Waals surface area contributed by atoms with E-state index >= 15 is 0 Å². The van der Waals surface area contributed by atoms with Crippen LogP contribution in [0.25, 0.3) is 11.0 Å². The Kier molecular flexibility index (Phi) is 12.1. The van der Waals surface area contributed by atoms with Crippen LogP contribution in [0.5, 0.6) is 0 Å². The van der Waals surface area contributed by atoms with Crippen molar-refractivity contribution in [1.29, 1.82) is 0 Å². The number of ether oxygens (including phenoxy) is 2. The maximum atomic E-state index is 15.0. The van der Waals surface area contributed by atoms with E-state index in [1.165, 1.54) is 42.3 Å². The van der Waals surface area contributed by atoms with Gasteiger partial charge in [-0.1, -0.05) is 109 Å². The average Bonchev–Trinajstić information content (AvgIpc) is 3.20. The van der Waals surface area contributed by atoms with Gasteiger partial charge in [0.1, 0.15) is 17.7 Å². The van der Waals surface area contributed by atoms with Crippen molar-refractivity contribution in [2.24, 2.45) is 5.92 Å². The molecule has 280 valence electrons. The molecule has 0 N–H and O–H groups in total. The number of carbonyl (C=O) groups excluding carboxylic acids is 3. The molecular weight excluding hydrogens is 831 g/mol. The summed E-state index contributed by atoms with van der Waals surface area (Å²) in [5.74, 6) is -3.09. The molecule has 0 aliphatic carbocycles. The minimum Gasteiger partial charge on any atom is -0.767 e. The van der Waals surface area contributed by atoms with Gasteiger partial charge in [-0.05, 0) is 45.7 Å². The molecule has 1 aromatic heterocycles. The van der Waals surface area contributed by atoms with Crippen LogP contribution in [0.2, 0.25) is 0 Å². The Balaban J connectivity index is 0.00000514. The number of β-lactam (4-membered cyclic amide) rings is 1. The normalized spacial score (nSPS) is 15.6. The molecule has 0 radical (unpaired) electrons. The van der Waals surface area contributed by atoms with E-state index in [2.05, 4.69) is 9.97 Å². The number of aromatic nitrogens is 2. The number of hydrogen-bond acceptors (Lipinski definition) is 10. The van der Waals surface area contributed by atoms with Gasteiger partial charge in [-0.15, -0.1) is 0 Å². The van der Waals surface area contributed by atoms with Crippen LogP contribution in [-0.2, 0) is 65.5 Å². The van der Waals surface area contributed by atoms with Crippen molar-refractivity contribution in [3.63, 3.8) is 0 Å². The summed E-state index contributed by atoms with van der Waals surface area (Å²) < 4.78 is 11.8. The van der Waals surface area contributed by atoms with Crippen molar-refractivity contribution in [1.82, 2.24) is 14.9 Å². The van der Waals surface area contributed by atoms with Crippen LogP contribution in [0.4, 0.5) is 5.69 Å². The number of esters is 2. The second-order valence-electron chi connectivity index (χ2n) is 12.4.